The molecule has 0 aliphatic heterocycles. The summed E-state index contributed by atoms with van der Waals surface area (Å²) in [5, 5.41) is 0. The van der Waals surface area contributed by atoms with Crippen molar-refractivity contribution in [2.45, 2.75) is 45.2 Å². The Labute approximate surface area is 101 Å². The molecule has 0 spiro atoms. The van der Waals surface area contributed by atoms with E-state index < -0.39 is 8.56 Å². The highest BCUT2D eigenvalue weighted by molar-refractivity contribution is 6.67. The molecule has 0 aliphatic rings. The van der Waals surface area contributed by atoms with Gasteiger partial charge in [0.15, 0.2) is 0 Å². The van der Waals surface area contributed by atoms with Gasteiger partial charge in [-0.05, 0) is 51.4 Å². The molecule has 0 saturated carbocycles. The van der Waals surface area contributed by atoms with Gasteiger partial charge in [0.25, 0.3) is 0 Å². The van der Waals surface area contributed by atoms with Gasteiger partial charge in [-0.25, -0.2) is 0 Å². The van der Waals surface area contributed by atoms with Crippen LogP contribution in [0.5, 0.6) is 0 Å². The zero-order chi connectivity index (χ0) is 12.3. The third-order valence-corrected chi connectivity index (χ3v) is 6.41. The molecule has 98 valence electrons. The second-order valence-corrected chi connectivity index (χ2v) is 7.54. The van der Waals surface area contributed by atoms with Crippen molar-refractivity contribution in [2.24, 2.45) is 11.5 Å². The number of hydrogen-bond acceptors (Lipinski definition) is 4. The lowest BCUT2D eigenvalue weighted by molar-refractivity contribution is 0.172. The highest BCUT2D eigenvalue weighted by Crippen LogP contribution is 2.21. The van der Waals surface area contributed by atoms with Gasteiger partial charge < -0.3 is 20.3 Å². The Balaban J connectivity index is 4.04. The predicted octanol–water partition coefficient (Wildman–Crippen LogP) is 1.59. The maximum absolute atomic E-state index is 6.03. The zero-order valence-electron chi connectivity index (χ0n) is 10.8. The Morgan fingerprint density at radius 2 is 1.62 bits per heavy atom. The van der Waals surface area contributed by atoms with E-state index in [1.807, 2.05) is 6.92 Å². The molecule has 0 radical (unpaired) electrons. The second-order valence-electron chi connectivity index (χ2n) is 3.93. The second kappa shape index (κ2) is 10.2. The molecular formula is C11H28N2O2Si. The first kappa shape index (κ1) is 16.1. The summed E-state index contributed by atoms with van der Waals surface area (Å²) in [6.45, 7) is 7.16. The van der Waals surface area contributed by atoms with Crippen molar-refractivity contribution in [3.63, 3.8) is 0 Å². The van der Waals surface area contributed by atoms with Crippen LogP contribution in [0, 0.1) is 0 Å². The monoisotopic (exact) mass is 248 g/mol. The average molecular weight is 248 g/mol. The lowest BCUT2D eigenvalue weighted by atomic mass is 10.3. The number of rotatable bonds is 11. The minimum atomic E-state index is -1.96. The SMILES string of the molecule is CCO[Si](CC)(CCCN)OCCCCN. The summed E-state index contributed by atoms with van der Waals surface area (Å²) in [6, 6.07) is 2.01. The van der Waals surface area contributed by atoms with Crippen LogP contribution in [0.3, 0.4) is 0 Å². The van der Waals surface area contributed by atoms with E-state index >= 15 is 0 Å². The van der Waals surface area contributed by atoms with Crippen LogP contribution < -0.4 is 11.5 Å². The number of unbranched alkanes of at least 4 members (excludes halogenated alkanes) is 1. The Bertz CT molecular complexity index is 161. The van der Waals surface area contributed by atoms with Crippen molar-refractivity contribution in [2.75, 3.05) is 26.3 Å². The summed E-state index contributed by atoms with van der Waals surface area (Å²) in [6.07, 6.45) is 3.05. The highest BCUT2D eigenvalue weighted by Gasteiger charge is 2.34. The van der Waals surface area contributed by atoms with Gasteiger partial charge in [-0.1, -0.05) is 6.92 Å². The van der Waals surface area contributed by atoms with Crippen molar-refractivity contribution in [3.05, 3.63) is 0 Å². The fraction of sp³-hybridized carbons (Fsp3) is 1.00. The summed E-state index contributed by atoms with van der Waals surface area (Å²) in [5.41, 5.74) is 11.0. The molecule has 5 heteroatoms. The molecule has 0 aliphatic carbocycles. The van der Waals surface area contributed by atoms with E-state index in [4.69, 9.17) is 20.3 Å². The van der Waals surface area contributed by atoms with Gasteiger partial charge in [0.05, 0.1) is 0 Å². The lowest BCUT2D eigenvalue weighted by Gasteiger charge is -2.29. The van der Waals surface area contributed by atoms with E-state index in [-0.39, 0.29) is 0 Å². The molecule has 16 heavy (non-hydrogen) atoms. The van der Waals surface area contributed by atoms with Crippen LogP contribution in [-0.2, 0) is 8.85 Å². The maximum Gasteiger partial charge on any atom is 0.337 e. The molecule has 1 atom stereocenters. The van der Waals surface area contributed by atoms with E-state index in [9.17, 15) is 0 Å². The van der Waals surface area contributed by atoms with Crippen molar-refractivity contribution >= 4 is 8.56 Å². The summed E-state index contributed by atoms with van der Waals surface area (Å²) >= 11 is 0. The molecule has 1 unspecified atom stereocenters. The standard InChI is InChI=1S/C11H28N2O2Si/c1-3-14-16(4-2,11-7-9-13)15-10-6-5-8-12/h3-13H2,1-2H3. The smallest absolute Gasteiger partial charge is 0.337 e. The van der Waals surface area contributed by atoms with Crippen LogP contribution in [0.2, 0.25) is 12.1 Å². The fourth-order valence-electron chi connectivity index (χ4n) is 1.71. The van der Waals surface area contributed by atoms with Crippen LogP contribution in [0.4, 0.5) is 0 Å². The molecule has 4 N–H and O–H groups in total. The van der Waals surface area contributed by atoms with Crippen LogP contribution in [-0.4, -0.2) is 34.9 Å². The number of nitrogens with two attached hydrogens (primary N) is 2. The Morgan fingerprint density at radius 3 is 2.12 bits per heavy atom. The average Bonchev–Trinajstić information content (AvgIpc) is 2.31. The molecule has 0 bridgehead atoms. The molecule has 0 rings (SSSR count). The largest absolute Gasteiger partial charge is 0.394 e. The molecule has 0 fully saturated rings. The topological polar surface area (TPSA) is 70.5 Å². The first-order valence-electron chi connectivity index (χ1n) is 6.42. The maximum atomic E-state index is 6.03. The van der Waals surface area contributed by atoms with E-state index in [0.29, 0.717) is 6.54 Å². The molecule has 0 aromatic heterocycles. The van der Waals surface area contributed by atoms with Crippen molar-refractivity contribution in [1.29, 1.82) is 0 Å². The van der Waals surface area contributed by atoms with Crippen molar-refractivity contribution in [3.8, 4) is 0 Å². The summed E-state index contributed by atoms with van der Waals surface area (Å²) in [4.78, 5) is 0. The van der Waals surface area contributed by atoms with Crippen molar-refractivity contribution < 1.29 is 8.85 Å². The zero-order valence-corrected chi connectivity index (χ0v) is 11.8. The summed E-state index contributed by atoms with van der Waals surface area (Å²) < 4.78 is 11.9. The quantitative estimate of drug-likeness (QED) is 0.430. The molecule has 0 saturated heterocycles. The van der Waals surface area contributed by atoms with Crippen molar-refractivity contribution in [1.82, 2.24) is 0 Å². The summed E-state index contributed by atoms with van der Waals surface area (Å²) in [7, 11) is -1.96. The lowest BCUT2D eigenvalue weighted by Crippen LogP contribution is -2.42. The fourth-order valence-corrected chi connectivity index (χ4v) is 4.62. The third-order valence-electron chi connectivity index (χ3n) is 2.67. The summed E-state index contributed by atoms with van der Waals surface area (Å²) in [5.74, 6) is 0. The number of hydrogen-bond donors (Lipinski definition) is 2. The Morgan fingerprint density at radius 1 is 0.938 bits per heavy atom. The predicted molar refractivity (Wildman–Crippen MR) is 70.6 cm³/mol. The van der Waals surface area contributed by atoms with Gasteiger partial charge in [0.2, 0.25) is 0 Å². The molecule has 0 aromatic rings. The Hall–Kier alpha value is 0.0569. The van der Waals surface area contributed by atoms with E-state index in [0.717, 1.165) is 51.1 Å². The highest BCUT2D eigenvalue weighted by atomic mass is 28.4. The van der Waals surface area contributed by atoms with Crippen LogP contribution in [0.1, 0.15) is 33.1 Å². The first-order chi connectivity index (χ1) is 7.74. The minimum Gasteiger partial charge on any atom is -0.394 e. The van der Waals surface area contributed by atoms with E-state index in [2.05, 4.69) is 6.92 Å². The van der Waals surface area contributed by atoms with E-state index in [1.165, 1.54) is 0 Å². The minimum absolute atomic E-state index is 0.716. The van der Waals surface area contributed by atoms with Crippen LogP contribution in [0.15, 0.2) is 0 Å². The third kappa shape index (κ3) is 6.60. The van der Waals surface area contributed by atoms with E-state index in [1.54, 1.807) is 0 Å². The van der Waals surface area contributed by atoms with Crippen LogP contribution >= 0.6 is 0 Å². The van der Waals surface area contributed by atoms with Gasteiger partial charge in [-0.15, -0.1) is 0 Å². The normalized spacial score (nSPS) is 15.0. The molecule has 0 heterocycles. The van der Waals surface area contributed by atoms with Gasteiger partial charge in [-0.2, -0.15) is 0 Å². The van der Waals surface area contributed by atoms with Gasteiger partial charge in [0.1, 0.15) is 0 Å². The van der Waals surface area contributed by atoms with Gasteiger partial charge in [0, 0.05) is 13.2 Å². The van der Waals surface area contributed by atoms with Gasteiger partial charge >= 0.3 is 8.56 Å². The molecule has 0 aromatic carbocycles. The molecular weight excluding hydrogens is 220 g/mol. The van der Waals surface area contributed by atoms with Crippen LogP contribution in [0.25, 0.3) is 0 Å². The molecule has 0 amide bonds. The molecule has 4 nitrogen and oxygen atoms in total. The first-order valence-corrected chi connectivity index (χ1v) is 8.65. The van der Waals surface area contributed by atoms with Gasteiger partial charge in [-0.3, -0.25) is 0 Å². The Kier molecular flexibility index (Phi) is 10.3.